The second-order valence-electron chi connectivity index (χ2n) is 3.46. The highest BCUT2D eigenvalue weighted by Crippen LogP contribution is 2.07. The molecule has 5 heteroatoms. The van der Waals surface area contributed by atoms with Gasteiger partial charge < -0.3 is 5.32 Å². The van der Waals surface area contributed by atoms with E-state index in [4.69, 9.17) is 0 Å². The van der Waals surface area contributed by atoms with Crippen molar-refractivity contribution in [1.82, 2.24) is 10.2 Å². The number of amides is 1. The van der Waals surface area contributed by atoms with E-state index in [2.05, 4.69) is 22.4 Å². The minimum absolute atomic E-state index is 0.101. The van der Waals surface area contributed by atoms with Crippen molar-refractivity contribution in [3.05, 3.63) is 11.8 Å². The summed E-state index contributed by atoms with van der Waals surface area (Å²) < 4.78 is 0. The van der Waals surface area contributed by atoms with E-state index in [1.54, 1.807) is 6.07 Å². The average Bonchev–Trinajstić information content (AvgIpc) is 2.51. The summed E-state index contributed by atoms with van der Waals surface area (Å²) in [7, 11) is 0. The number of aromatic nitrogens is 2. The van der Waals surface area contributed by atoms with Crippen LogP contribution in [0.25, 0.3) is 0 Å². The zero-order valence-electron chi connectivity index (χ0n) is 8.96. The standard InChI is InChI=1S/C10H15N3O2/c1-3-4-8-6-9(13-12-8)11-10(15)5-7(2)14/h6H,3-5H2,1-2H3,(H2,11,12,13,15). The summed E-state index contributed by atoms with van der Waals surface area (Å²) in [4.78, 5) is 21.9. The fourth-order valence-electron chi connectivity index (χ4n) is 1.24. The van der Waals surface area contributed by atoms with Crippen molar-refractivity contribution in [2.75, 3.05) is 5.32 Å². The Morgan fingerprint density at radius 1 is 1.53 bits per heavy atom. The van der Waals surface area contributed by atoms with E-state index in [-0.39, 0.29) is 18.1 Å². The molecule has 0 aliphatic rings. The Labute approximate surface area is 88.3 Å². The number of hydrogen-bond donors (Lipinski definition) is 2. The second kappa shape index (κ2) is 5.29. The first-order chi connectivity index (χ1) is 7.11. The number of carbonyl (C=O) groups excluding carboxylic acids is 2. The van der Waals surface area contributed by atoms with Gasteiger partial charge in [-0.3, -0.25) is 14.7 Å². The molecule has 1 aromatic rings. The highest BCUT2D eigenvalue weighted by atomic mass is 16.2. The molecule has 5 nitrogen and oxygen atoms in total. The van der Waals surface area contributed by atoms with Crippen molar-refractivity contribution >= 4 is 17.5 Å². The summed E-state index contributed by atoms with van der Waals surface area (Å²) in [6.07, 6.45) is 1.81. The molecule has 0 fully saturated rings. The SMILES string of the molecule is CCCc1cc(NC(=O)CC(C)=O)n[nH]1. The number of rotatable bonds is 5. The van der Waals surface area contributed by atoms with E-state index < -0.39 is 0 Å². The Hall–Kier alpha value is -1.65. The molecule has 1 rings (SSSR count). The molecular weight excluding hydrogens is 194 g/mol. The van der Waals surface area contributed by atoms with Gasteiger partial charge in [0.2, 0.25) is 5.91 Å². The van der Waals surface area contributed by atoms with Gasteiger partial charge in [0.25, 0.3) is 0 Å². The molecule has 2 N–H and O–H groups in total. The van der Waals surface area contributed by atoms with Crippen LogP contribution in [-0.4, -0.2) is 21.9 Å². The van der Waals surface area contributed by atoms with Gasteiger partial charge in [-0.15, -0.1) is 0 Å². The molecule has 0 unspecified atom stereocenters. The van der Waals surface area contributed by atoms with Crippen molar-refractivity contribution in [2.45, 2.75) is 33.1 Å². The van der Waals surface area contributed by atoms with Crippen LogP contribution in [0.1, 0.15) is 32.4 Å². The Balaban J connectivity index is 2.49. The number of anilines is 1. The van der Waals surface area contributed by atoms with Crippen molar-refractivity contribution < 1.29 is 9.59 Å². The van der Waals surface area contributed by atoms with Gasteiger partial charge in [-0.2, -0.15) is 5.10 Å². The Bertz CT molecular complexity index is 357. The number of nitrogens with one attached hydrogen (secondary N) is 2. The third-order valence-electron chi connectivity index (χ3n) is 1.83. The van der Waals surface area contributed by atoms with Crippen LogP contribution in [0.4, 0.5) is 5.82 Å². The lowest BCUT2D eigenvalue weighted by atomic mass is 10.2. The number of aryl methyl sites for hydroxylation is 1. The molecule has 0 saturated carbocycles. The molecule has 0 aromatic carbocycles. The quantitative estimate of drug-likeness (QED) is 0.717. The van der Waals surface area contributed by atoms with Gasteiger partial charge in [0.15, 0.2) is 5.82 Å². The average molecular weight is 209 g/mol. The first-order valence-electron chi connectivity index (χ1n) is 4.95. The minimum Gasteiger partial charge on any atom is -0.309 e. The van der Waals surface area contributed by atoms with E-state index in [9.17, 15) is 9.59 Å². The summed E-state index contributed by atoms with van der Waals surface area (Å²) in [5, 5.41) is 9.28. The number of H-pyrrole nitrogens is 1. The molecule has 0 aliphatic carbocycles. The lowest BCUT2D eigenvalue weighted by Gasteiger charge is -1.97. The summed E-state index contributed by atoms with van der Waals surface area (Å²) in [5.74, 6) is -0.00133. The predicted molar refractivity (Wildman–Crippen MR) is 56.5 cm³/mol. The van der Waals surface area contributed by atoms with E-state index in [1.807, 2.05) is 0 Å². The van der Waals surface area contributed by atoms with Crippen LogP contribution in [0.5, 0.6) is 0 Å². The van der Waals surface area contributed by atoms with Gasteiger partial charge in [-0.05, 0) is 13.3 Å². The highest BCUT2D eigenvalue weighted by Gasteiger charge is 2.07. The topological polar surface area (TPSA) is 74.8 Å². The van der Waals surface area contributed by atoms with Crippen molar-refractivity contribution in [3.8, 4) is 0 Å². The molecule has 0 aliphatic heterocycles. The monoisotopic (exact) mass is 209 g/mol. The lowest BCUT2D eigenvalue weighted by Crippen LogP contribution is -2.14. The van der Waals surface area contributed by atoms with Gasteiger partial charge in [0.1, 0.15) is 5.78 Å². The Morgan fingerprint density at radius 2 is 2.27 bits per heavy atom. The number of ketones is 1. The molecule has 0 spiro atoms. The van der Waals surface area contributed by atoms with E-state index in [0.29, 0.717) is 5.82 Å². The summed E-state index contributed by atoms with van der Waals surface area (Å²) in [6.45, 7) is 3.45. The molecule has 82 valence electrons. The van der Waals surface area contributed by atoms with Crippen LogP contribution >= 0.6 is 0 Å². The van der Waals surface area contributed by atoms with Gasteiger partial charge >= 0.3 is 0 Å². The van der Waals surface area contributed by atoms with Crippen molar-refractivity contribution in [3.63, 3.8) is 0 Å². The summed E-state index contributed by atoms with van der Waals surface area (Å²) in [6, 6.07) is 1.78. The number of Topliss-reactive ketones (excluding diaryl/α,β-unsaturated/α-hetero) is 1. The smallest absolute Gasteiger partial charge is 0.233 e. The molecule has 0 bridgehead atoms. The van der Waals surface area contributed by atoms with Crippen LogP contribution in [0.2, 0.25) is 0 Å². The van der Waals surface area contributed by atoms with E-state index in [1.165, 1.54) is 6.92 Å². The van der Waals surface area contributed by atoms with Crippen LogP contribution in [-0.2, 0) is 16.0 Å². The van der Waals surface area contributed by atoms with E-state index >= 15 is 0 Å². The zero-order chi connectivity index (χ0) is 11.3. The zero-order valence-corrected chi connectivity index (χ0v) is 8.96. The maximum atomic E-state index is 11.2. The highest BCUT2D eigenvalue weighted by molar-refractivity contribution is 6.03. The lowest BCUT2D eigenvalue weighted by molar-refractivity contribution is -0.124. The van der Waals surface area contributed by atoms with Crippen LogP contribution in [0, 0.1) is 0 Å². The van der Waals surface area contributed by atoms with Crippen LogP contribution in [0.15, 0.2) is 6.07 Å². The largest absolute Gasteiger partial charge is 0.309 e. The number of aromatic amines is 1. The van der Waals surface area contributed by atoms with Gasteiger partial charge in [0.05, 0.1) is 6.42 Å². The maximum Gasteiger partial charge on any atom is 0.233 e. The van der Waals surface area contributed by atoms with Crippen molar-refractivity contribution in [1.29, 1.82) is 0 Å². The van der Waals surface area contributed by atoms with Gasteiger partial charge in [-0.1, -0.05) is 13.3 Å². The number of hydrogen-bond acceptors (Lipinski definition) is 3. The van der Waals surface area contributed by atoms with Crippen LogP contribution in [0.3, 0.4) is 0 Å². The molecule has 0 saturated heterocycles. The summed E-state index contributed by atoms with van der Waals surface area (Å²) >= 11 is 0. The van der Waals surface area contributed by atoms with Gasteiger partial charge in [-0.25, -0.2) is 0 Å². The van der Waals surface area contributed by atoms with E-state index in [0.717, 1.165) is 18.5 Å². The fraction of sp³-hybridized carbons (Fsp3) is 0.500. The van der Waals surface area contributed by atoms with Crippen molar-refractivity contribution in [2.24, 2.45) is 0 Å². The summed E-state index contributed by atoms with van der Waals surface area (Å²) in [5.41, 5.74) is 0.982. The molecule has 0 radical (unpaired) electrons. The third-order valence-corrected chi connectivity index (χ3v) is 1.83. The number of carbonyl (C=O) groups is 2. The minimum atomic E-state index is -0.322. The first kappa shape index (κ1) is 11.4. The van der Waals surface area contributed by atoms with Gasteiger partial charge in [0, 0.05) is 11.8 Å². The number of nitrogens with zero attached hydrogens (tertiary/aromatic N) is 1. The molecular formula is C10H15N3O2. The molecule has 1 aromatic heterocycles. The Morgan fingerprint density at radius 3 is 2.87 bits per heavy atom. The predicted octanol–water partition coefficient (Wildman–Crippen LogP) is 1.28. The van der Waals surface area contributed by atoms with Crippen LogP contribution < -0.4 is 5.32 Å². The maximum absolute atomic E-state index is 11.2. The Kier molecular flexibility index (Phi) is 4.03. The second-order valence-corrected chi connectivity index (χ2v) is 3.46. The molecule has 1 heterocycles. The normalized spacial score (nSPS) is 10.0. The molecule has 0 atom stereocenters. The first-order valence-corrected chi connectivity index (χ1v) is 4.95. The third kappa shape index (κ3) is 3.93. The fourth-order valence-corrected chi connectivity index (χ4v) is 1.24. The molecule has 15 heavy (non-hydrogen) atoms. The molecule has 1 amide bonds.